The fourth-order valence-electron chi connectivity index (χ4n) is 2.37. The smallest absolute Gasteiger partial charge is 0.422 e. The van der Waals surface area contributed by atoms with Crippen molar-refractivity contribution in [2.45, 2.75) is 31.5 Å². The highest BCUT2D eigenvalue weighted by Gasteiger charge is 2.30. The Kier molecular flexibility index (Phi) is 6.64. The van der Waals surface area contributed by atoms with Crippen molar-refractivity contribution in [3.05, 3.63) is 24.0 Å². The van der Waals surface area contributed by atoms with Crippen LogP contribution in [0.25, 0.3) is 0 Å². The Hall–Kier alpha value is -1.54. The van der Waals surface area contributed by atoms with Crippen LogP contribution in [-0.2, 0) is 4.79 Å². The van der Waals surface area contributed by atoms with Crippen LogP contribution in [0.1, 0.15) is 19.3 Å². The van der Waals surface area contributed by atoms with Crippen molar-refractivity contribution < 1.29 is 27.1 Å². The monoisotopic (exact) mass is 356 g/mol. The van der Waals surface area contributed by atoms with Crippen LogP contribution in [0.4, 0.5) is 23.2 Å². The summed E-state index contributed by atoms with van der Waals surface area (Å²) in [6.45, 7) is -1.52. The summed E-state index contributed by atoms with van der Waals surface area (Å²) in [5.74, 6) is -1.63. The topological polar surface area (TPSA) is 64.4 Å². The fourth-order valence-corrected chi connectivity index (χ4v) is 2.37. The number of nitrogens with two attached hydrogens (primary N) is 1. The van der Waals surface area contributed by atoms with E-state index < -0.39 is 24.5 Å². The summed E-state index contributed by atoms with van der Waals surface area (Å²) in [6, 6.07) is 2.88. The Morgan fingerprint density at radius 3 is 2.61 bits per heavy atom. The van der Waals surface area contributed by atoms with Gasteiger partial charge in [0.1, 0.15) is 11.6 Å². The Balaban J connectivity index is 0.00000264. The molecule has 2 unspecified atom stereocenters. The van der Waals surface area contributed by atoms with Gasteiger partial charge in [-0.2, -0.15) is 13.2 Å². The first-order valence-corrected chi connectivity index (χ1v) is 6.80. The second kappa shape index (κ2) is 7.83. The van der Waals surface area contributed by atoms with Gasteiger partial charge in [0.25, 0.3) is 0 Å². The van der Waals surface area contributed by atoms with E-state index in [1.807, 2.05) is 0 Å². The number of carbonyl (C=O) groups is 1. The van der Waals surface area contributed by atoms with E-state index in [-0.39, 0.29) is 35.8 Å². The second-order valence-corrected chi connectivity index (χ2v) is 5.30. The minimum Gasteiger partial charge on any atom is -0.482 e. The summed E-state index contributed by atoms with van der Waals surface area (Å²) in [6.07, 6.45) is -2.71. The van der Waals surface area contributed by atoms with Crippen molar-refractivity contribution in [2.75, 3.05) is 11.9 Å². The molecule has 130 valence electrons. The number of rotatable bonds is 4. The minimum absolute atomic E-state index is 0. The zero-order valence-electron chi connectivity index (χ0n) is 12.0. The maximum absolute atomic E-state index is 13.3. The highest BCUT2D eigenvalue weighted by molar-refractivity contribution is 5.94. The van der Waals surface area contributed by atoms with Gasteiger partial charge >= 0.3 is 6.18 Å². The molecule has 9 heteroatoms. The number of nitrogens with one attached hydrogen (secondary N) is 1. The third kappa shape index (κ3) is 5.87. The molecule has 4 nitrogen and oxygen atoms in total. The quantitative estimate of drug-likeness (QED) is 0.814. The van der Waals surface area contributed by atoms with Gasteiger partial charge in [-0.05, 0) is 31.4 Å². The zero-order valence-corrected chi connectivity index (χ0v) is 12.8. The van der Waals surface area contributed by atoms with Crippen LogP contribution in [-0.4, -0.2) is 24.7 Å². The zero-order chi connectivity index (χ0) is 16.3. The number of ether oxygens (including phenoxy) is 1. The highest BCUT2D eigenvalue weighted by Crippen LogP contribution is 2.30. The van der Waals surface area contributed by atoms with Gasteiger partial charge in [0.2, 0.25) is 5.91 Å². The molecule has 23 heavy (non-hydrogen) atoms. The van der Waals surface area contributed by atoms with Crippen molar-refractivity contribution >= 4 is 24.0 Å². The molecular formula is C14H17ClF4N2O2. The number of carbonyl (C=O) groups excluding carboxylic acids is 1. The molecule has 1 fully saturated rings. The summed E-state index contributed by atoms with van der Waals surface area (Å²) in [4.78, 5) is 12.1. The minimum atomic E-state index is -4.52. The summed E-state index contributed by atoms with van der Waals surface area (Å²) >= 11 is 0. The first kappa shape index (κ1) is 19.5. The number of halogens is 5. The molecule has 0 spiro atoms. The molecule has 1 aromatic carbocycles. The van der Waals surface area contributed by atoms with E-state index in [0.29, 0.717) is 19.3 Å². The molecule has 0 saturated heterocycles. The lowest BCUT2D eigenvalue weighted by molar-refractivity contribution is -0.153. The Labute approximate surface area is 136 Å². The molecule has 0 aromatic heterocycles. The fraction of sp³-hybridized carbons (Fsp3) is 0.500. The largest absolute Gasteiger partial charge is 0.482 e. The number of amides is 1. The van der Waals surface area contributed by atoms with E-state index in [9.17, 15) is 22.4 Å². The standard InChI is InChI=1S/C14H16F4N2O2.ClH/c15-9-2-4-12(22-7-14(16,17)18)11(6-9)20-13(21)8-1-3-10(19)5-8;/h2,4,6,8,10H,1,3,5,7,19H2,(H,20,21);1H. The average molecular weight is 357 g/mol. The maximum Gasteiger partial charge on any atom is 0.422 e. The van der Waals surface area contributed by atoms with Crippen molar-refractivity contribution in [3.8, 4) is 5.75 Å². The molecule has 0 radical (unpaired) electrons. The van der Waals surface area contributed by atoms with Gasteiger partial charge in [0, 0.05) is 18.0 Å². The van der Waals surface area contributed by atoms with Crippen LogP contribution >= 0.6 is 12.4 Å². The number of hydrogen-bond acceptors (Lipinski definition) is 3. The van der Waals surface area contributed by atoms with Gasteiger partial charge in [-0.1, -0.05) is 0 Å². The molecular weight excluding hydrogens is 340 g/mol. The average Bonchev–Trinajstić information content (AvgIpc) is 2.83. The summed E-state index contributed by atoms with van der Waals surface area (Å²) in [7, 11) is 0. The first-order chi connectivity index (χ1) is 10.2. The van der Waals surface area contributed by atoms with Crippen molar-refractivity contribution in [3.63, 3.8) is 0 Å². The van der Waals surface area contributed by atoms with E-state index in [1.54, 1.807) is 0 Å². The van der Waals surface area contributed by atoms with Gasteiger partial charge in [0.05, 0.1) is 5.69 Å². The third-order valence-corrected chi connectivity index (χ3v) is 3.43. The molecule has 3 N–H and O–H groups in total. The summed E-state index contributed by atoms with van der Waals surface area (Å²) < 4.78 is 54.5. The van der Waals surface area contributed by atoms with Crippen LogP contribution < -0.4 is 15.8 Å². The highest BCUT2D eigenvalue weighted by atomic mass is 35.5. The molecule has 2 rings (SSSR count). The van der Waals surface area contributed by atoms with Gasteiger partial charge in [-0.3, -0.25) is 4.79 Å². The Morgan fingerprint density at radius 2 is 2.04 bits per heavy atom. The van der Waals surface area contributed by atoms with Crippen molar-refractivity contribution in [1.82, 2.24) is 0 Å². The van der Waals surface area contributed by atoms with Crippen LogP contribution in [0.3, 0.4) is 0 Å². The summed E-state index contributed by atoms with van der Waals surface area (Å²) in [5, 5.41) is 2.42. The number of benzene rings is 1. The van der Waals surface area contributed by atoms with Gasteiger partial charge in [-0.25, -0.2) is 4.39 Å². The number of hydrogen-bond donors (Lipinski definition) is 2. The van der Waals surface area contributed by atoms with E-state index in [0.717, 1.165) is 18.2 Å². The molecule has 1 amide bonds. The van der Waals surface area contributed by atoms with E-state index in [2.05, 4.69) is 10.1 Å². The van der Waals surface area contributed by atoms with Crippen LogP contribution in [0.15, 0.2) is 18.2 Å². The normalized spacial score (nSPS) is 20.7. The van der Waals surface area contributed by atoms with E-state index in [4.69, 9.17) is 5.73 Å². The lowest BCUT2D eigenvalue weighted by Gasteiger charge is -2.16. The van der Waals surface area contributed by atoms with E-state index >= 15 is 0 Å². The molecule has 1 aliphatic rings. The molecule has 2 atom stereocenters. The molecule has 1 saturated carbocycles. The van der Waals surface area contributed by atoms with Gasteiger partial charge < -0.3 is 15.8 Å². The van der Waals surface area contributed by atoms with Crippen molar-refractivity contribution in [2.24, 2.45) is 11.7 Å². The lowest BCUT2D eigenvalue weighted by Crippen LogP contribution is -2.24. The molecule has 0 aliphatic heterocycles. The van der Waals surface area contributed by atoms with Crippen LogP contribution in [0.5, 0.6) is 5.75 Å². The molecule has 0 heterocycles. The predicted octanol–water partition coefficient (Wildman–Crippen LogP) is 3.25. The SMILES string of the molecule is Cl.NC1CCC(C(=O)Nc2cc(F)ccc2OCC(F)(F)F)C1. The maximum atomic E-state index is 13.3. The molecule has 1 aromatic rings. The van der Waals surface area contributed by atoms with Gasteiger partial charge in [-0.15, -0.1) is 12.4 Å². The summed E-state index contributed by atoms with van der Waals surface area (Å²) in [5.41, 5.74) is 5.60. The Morgan fingerprint density at radius 1 is 1.35 bits per heavy atom. The van der Waals surface area contributed by atoms with Crippen molar-refractivity contribution in [1.29, 1.82) is 0 Å². The van der Waals surface area contributed by atoms with Crippen LogP contribution in [0.2, 0.25) is 0 Å². The number of alkyl halides is 3. The lowest BCUT2D eigenvalue weighted by atomic mass is 10.1. The predicted molar refractivity (Wildman–Crippen MR) is 79.1 cm³/mol. The Bertz CT molecular complexity index is 554. The molecule has 0 bridgehead atoms. The molecule has 1 aliphatic carbocycles. The third-order valence-electron chi connectivity index (χ3n) is 3.43. The second-order valence-electron chi connectivity index (χ2n) is 5.30. The van der Waals surface area contributed by atoms with E-state index in [1.165, 1.54) is 0 Å². The van der Waals surface area contributed by atoms with Gasteiger partial charge in [0.15, 0.2) is 6.61 Å². The van der Waals surface area contributed by atoms with Crippen LogP contribution in [0, 0.1) is 11.7 Å². The first-order valence-electron chi connectivity index (χ1n) is 6.80. The number of anilines is 1.